The van der Waals surface area contributed by atoms with E-state index in [2.05, 4.69) is 28.5 Å². The summed E-state index contributed by atoms with van der Waals surface area (Å²) in [5.41, 5.74) is 10.0. The van der Waals surface area contributed by atoms with E-state index in [0.717, 1.165) is 60.8 Å². The standard InChI is InChI=1S/C15H21N5O/c1-10-7-11(2)14(16)8-13(10)15-17-18-19-20(15)9-12-3-5-21-6-4-12/h7-8,12H,3-6,9,16H2,1-2H3. The Balaban J connectivity index is 1.89. The zero-order valence-electron chi connectivity index (χ0n) is 12.5. The van der Waals surface area contributed by atoms with Crippen molar-refractivity contribution in [3.8, 4) is 11.4 Å². The molecule has 6 nitrogen and oxygen atoms in total. The number of nitrogens with zero attached hydrogens (tertiary/aromatic N) is 4. The van der Waals surface area contributed by atoms with E-state index in [1.54, 1.807) is 0 Å². The fourth-order valence-corrected chi connectivity index (χ4v) is 2.80. The highest BCUT2D eigenvalue weighted by Gasteiger charge is 2.19. The molecule has 0 unspecified atom stereocenters. The molecule has 0 aliphatic carbocycles. The van der Waals surface area contributed by atoms with E-state index in [0.29, 0.717) is 5.92 Å². The van der Waals surface area contributed by atoms with E-state index in [9.17, 15) is 0 Å². The molecule has 0 radical (unpaired) electrons. The van der Waals surface area contributed by atoms with Crippen molar-refractivity contribution < 1.29 is 4.74 Å². The van der Waals surface area contributed by atoms with Crippen molar-refractivity contribution in [3.05, 3.63) is 23.3 Å². The van der Waals surface area contributed by atoms with Crippen LogP contribution in [-0.2, 0) is 11.3 Å². The van der Waals surface area contributed by atoms with Gasteiger partial charge in [-0.05, 0) is 60.2 Å². The minimum absolute atomic E-state index is 0.573. The van der Waals surface area contributed by atoms with E-state index < -0.39 is 0 Å². The SMILES string of the molecule is Cc1cc(C)c(-c2nnnn2CC2CCOCC2)cc1N. The predicted molar refractivity (Wildman–Crippen MR) is 80.7 cm³/mol. The molecule has 21 heavy (non-hydrogen) atoms. The molecule has 0 amide bonds. The molecular formula is C15H21N5O. The summed E-state index contributed by atoms with van der Waals surface area (Å²) >= 11 is 0. The Morgan fingerprint density at radius 3 is 2.76 bits per heavy atom. The third-order valence-electron chi connectivity index (χ3n) is 4.16. The number of nitrogens with two attached hydrogens (primary N) is 1. The molecule has 0 atom stereocenters. The van der Waals surface area contributed by atoms with Gasteiger partial charge >= 0.3 is 0 Å². The Hall–Kier alpha value is -1.95. The second kappa shape index (κ2) is 5.81. The molecule has 2 N–H and O–H groups in total. The molecule has 0 saturated carbocycles. The largest absolute Gasteiger partial charge is 0.398 e. The van der Waals surface area contributed by atoms with Crippen molar-refractivity contribution in [2.45, 2.75) is 33.2 Å². The minimum Gasteiger partial charge on any atom is -0.398 e. The van der Waals surface area contributed by atoms with Gasteiger partial charge in [-0.1, -0.05) is 6.07 Å². The second-order valence-electron chi connectivity index (χ2n) is 5.76. The van der Waals surface area contributed by atoms with Crippen LogP contribution in [0.1, 0.15) is 24.0 Å². The van der Waals surface area contributed by atoms with Gasteiger partial charge in [-0.25, -0.2) is 4.68 Å². The summed E-state index contributed by atoms with van der Waals surface area (Å²) in [5, 5.41) is 12.2. The molecule has 2 aromatic rings. The van der Waals surface area contributed by atoms with E-state index >= 15 is 0 Å². The number of hydrogen-bond acceptors (Lipinski definition) is 5. The molecule has 0 spiro atoms. The Labute approximate surface area is 124 Å². The van der Waals surface area contributed by atoms with Crippen molar-refractivity contribution in [1.29, 1.82) is 0 Å². The molecule has 1 aromatic carbocycles. The molecule has 3 rings (SSSR count). The molecule has 1 aliphatic rings. The van der Waals surface area contributed by atoms with Gasteiger partial charge in [0.1, 0.15) is 0 Å². The molecule has 1 saturated heterocycles. The summed E-state index contributed by atoms with van der Waals surface area (Å²) in [7, 11) is 0. The zero-order valence-corrected chi connectivity index (χ0v) is 12.5. The summed E-state index contributed by atoms with van der Waals surface area (Å²) in [5.74, 6) is 1.37. The number of rotatable bonds is 3. The molecule has 1 aromatic heterocycles. The highest BCUT2D eigenvalue weighted by atomic mass is 16.5. The topological polar surface area (TPSA) is 78.8 Å². The molecule has 0 bridgehead atoms. The van der Waals surface area contributed by atoms with Gasteiger partial charge in [0.2, 0.25) is 0 Å². The number of tetrazole rings is 1. The van der Waals surface area contributed by atoms with Crippen molar-refractivity contribution in [3.63, 3.8) is 0 Å². The van der Waals surface area contributed by atoms with Gasteiger partial charge < -0.3 is 10.5 Å². The molecule has 6 heteroatoms. The number of anilines is 1. The highest BCUT2D eigenvalue weighted by Crippen LogP contribution is 2.27. The van der Waals surface area contributed by atoms with Crippen LogP contribution in [0, 0.1) is 19.8 Å². The first kappa shape index (κ1) is 14.0. The smallest absolute Gasteiger partial charge is 0.182 e. The number of ether oxygens (including phenoxy) is 1. The average molecular weight is 287 g/mol. The lowest BCUT2D eigenvalue weighted by Crippen LogP contribution is -2.21. The quantitative estimate of drug-likeness (QED) is 0.873. The van der Waals surface area contributed by atoms with Crippen LogP contribution in [0.25, 0.3) is 11.4 Å². The van der Waals surface area contributed by atoms with Gasteiger partial charge in [0.25, 0.3) is 0 Å². The first-order valence-electron chi connectivity index (χ1n) is 7.36. The van der Waals surface area contributed by atoms with Gasteiger partial charge in [-0.2, -0.15) is 0 Å². The van der Waals surface area contributed by atoms with Crippen LogP contribution in [0.3, 0.4) is 0 Å². The third kappa shape index (κ3) is 2.90. The normalized spacial score (nSPS) is 16.3. The van der Waals surface area contributed by atoms with Gasteiger partial charge in [-0.3, -0.25) is 0 Å². The Morgan fingerprint density at radius 2 is 2.00 bits per heavy atom. The molecule has 112 valence electrons. The number of benzene rings is 1. The number of hydrogen-bond donors (Lipinski definition) is 1. The number of aryl methyl sites for hydroxylation is 2. The summed E-state index contributed by atoms with van der Waals surface area (Å²) in [6, 6.07) is 4.05. The zero-order chi connectivity index (χ0) is 14.8. The van der Waals surface area contributed by atoms with Gasteiger partial charge in [0.05, 0.1) is 0 Å². The van der Waals surface area contributed by atoms with Crippen LogP contribution in [0.15, 0.2) is 12.1 Å². The fraction of sp³-hybridized carbons (Fsp3) is 0.533. The van der Waals surface area contributed by atoms with Crippen molar-refractivity contribution in [2.75, 3.05) is 18.9 Å². The van der Waals surface area contributed by atoms with Crippen molar-refractivity contribution >= 4 is 5.69 Å². The van der Waals surface area contributed by atoms with Crippen LogP contribution in [0.5, 0.6) is 0 Å². The number of aromatic nitrogens is 4. The maximum atomic E-state index is 6.04. The van der Waals surface area contributed by atoms with Crippen LogP contribution in [0.4, 0.5) is 5.69 Å². The van der Waals surface area contributed by atoms with Crippen LogP contribution in [-0.4, -0.2) is 33.4 Å². The second-order valence-corrected chi connectivity index (χ2v) is 5.76. The lowest BCUT2D eigenvalue weighted by Gasteiger charge is -2.22. The maximum absolute atomic E-state index is 6.04. The predicted octanol–water partition coefficient (Wildman–Crippen LogP) is 1.97. The maximum Gasteiger partial charge on any atom is 0.182 e. The third-order valence-corrected chi connectivity index (χ3v) is 4.16. The molecule has 2 heterocycles. The fourth-order valence-electron chi connectivity index (χ4n) is 2.80. The Kier molecular flexibility index (Phi) is 3.88. The van der Waals surface area contributed by atoms with E-state index in [1.165, 1.54) is 0 Å². The van der Waals surface area contributed by atoms with Gasteiger partial charge in [-0.15, -0.1) is 5.10 Å². The lowest BCUT2D eigenvalue weighted by molar-refractivity contribution is 0.0601. The average Bonchev–Trinajstić information content (AvgIpc) is 2.92. The monoisotopic (exact) mass is 287 g/mol. The van der Waals surface area contributed by atoms with E-state index in [-0.39, 0.29) is 0 Å². The number of nitrogen functional groups attached to an aromatic ring is 1. The van der Waals surface area contributed by atoms with Crippen LogP contribution < -0.4 is 5.73 Å². The van der Waals surface area contributed by atoms with Crippen LogP contribution in [0.2, 0.25) is 0 Å². The van der Waals surface area contributed by atoms with Crippen molar-refractivity contribution in [1.82, 2.24) is 20.2 Å². The van der Waals surface area contributed by atoms with E-state index in [4.69, 9.17) is 10.5 Å². The van der Waals surface area contributed by atoms with Crippen molar-refractivity contribution in [2.24, 2.45) is 5.92 Å². The summed E-state index contributed by atoms with van der Waals surface area (Å²) < 4.78 is 7.30. The van der Waals surface area contributed by atoms with Gasteiger partial charge in [0.15, 0.2) is 5.82 Å². The molecular weight excluding hydrogens is 266 g/mol. The van der Waals surface area contributed by atoms with E-state index in [1.807, 2.05) is 17.7 Å². The Morgan fingerprint density at radius 1 is 1.24 bits per heavy atom. The minimum atomic E-state index is 0.573. The molecule has 1 fully saturated rings. The highest BCUT2D eigenvalue weighted by molar-refractivity contribution is 5.67. The van der Waals surface area contributed by atoms with Gasteiger partial charge in [0, 0.05) is 31.0 Å². The summed E-state index contributed by atoms with van der Waals surface area (Å²) in [4.78, 5) is 0. The first-order chi connectivity index (χ1) is 10.1. The van der Waals surface area contributed by atoms with Crippen LogP contribution >= 0.6 is 0 Å². The molecule has 1 aliphatic heterocycles. The summed E-state index contributed by atoms with van der Waals surface area (Å²) in [6.07, 6.45) is 2.13. The lowest BCUT2D eigenvalue weighted by atomic mass is 10.00. The Bertz CT molecular complexity index is 631. The first-order valence-corrected chi connectivity index (χ1v) is 7.36. The summed E-state index contributed by atoms with van der Waals surface area (Å²) in [6.45, 7) is 6.57.